The number of hydrogen-bond donors (Lipinski definition) is 1. The maximum Gasteiger partial charge on any atom is 0.264 e. The van der Waals surface area contributed by atoms with E-state index in [0.717, 1.165) is 4.31 Å². The van der Waals surface area contributed by atoms with Crippen LogP contribution in [0.3, 0.4) is 0 Å². The minimum atomic E-state index is -4.28. The van der Waals surface area contributed by atoms with E-state index >= 15 is 0 Å². The Kier molecular flexibility index (Phi) is 10.9. The summed E-state index contributed by atoms with van der Waals surface area (Å²) in [5.41, 5.74) is 0.700. The second-order valence-electron chi connectivity index (χ2n) is 9.47. The topological polar surface area (TPSA) is 105 Å². The Morgan fingerprint density at radius 2 is 1.59 bits per heavy atom. The van der Waals surface area contributed by atoms with Gasteiger partial charge in [-0.15, -0.1) is 0 Å². The molecule has 1 N–H and O–H groups in total. The first-order valence-corrected chi connectivity index (χ1v) is 14.9. The average molecular weight is 623 g/mol. The van der Waals surface area contributed by atoms with Gasteiger partial charge < -0.3 is 19.7 Å². The smallest absolute Gasteiger partial charge is 0.264 e. The number of nitrogens with zero attached hydrogens (tertiary/aromatic N) is 2. The molecule has 2 amide bonds. The largest absolute Gasteiger partial charge is 0.497 e. The van der Waals surface area contributed by atoms with Crippen molar-refractivity contribution in [2.24, 2.45) is 0 Å². The van der Waals surface area contributed by atoms with Crippen LogP contribution in [0.1, 0.15) is 26.3 Å². The molecule has 9 nitrogen and oxygen atoms in total. The predicted molar refractivity (Wildman–Crippen MR) is 160 cm³/mol. The second kappa shape index (κ2) is 13.9. The van der Waals surface area contributed by atoms with Gasteiger partial charge in [-0.05, 0) is 62.7 Å². The first-order chi connectivity index (χ1) is 19.4. The van der Waals surface area contributed by atoms with E-state index in [4.69, 9.17) is 32.7 Å². The summed E-state index contributed by atoms with van der Waals surface area (Å²) in [5.74, 6) is -0.463. The van der Waals surface area contributed by atoms with Gasteiger partial charge in [0.05, 0.1) is 34.8 Å². The van der Waals surface area contributed by atoms with E-state index in [9.17, 15) is 18.0 Å². The van der Waals surface area contributed by atoms with Crippen molar-refractivity contribution in [3.63, 3.8) is 0 Å². The molecular weight excluding hydrogens is 589 g/mol. The van der Waals surface area contributed by atoms with Crippen LogP contribution < -0.4 is 19.1 Å². The first kappa shape index (κ1) is 32.0. The van der Waals surface area contributed by atoms with Gasteiger partial charge in [0.1, 0.15) is 24.1 Å². The molecule has 220 valence electrons. The molecule has 1 atom stereocenters. The van der Waals surface area contributed by atoms with Crippen molar-refractivity contribution in [2.45, 2.75) is 44.3 Å². The van der Waals surface area contributed by atoms with Crippen molar-refractivity contribution in [3.05, 3.63) is 82.3 Å². The molecule has 0 saturated carbocycles. The molecule has 0 aliphatic rings. The van der Waals surface area contributed by atoms with Crippen molar-refractivity contribution in [3.8, 4) is 11.5 Å². The lowest BCUT2D eigenvalue weighted by atomic mass is 10.1. The Hall–Kier alpha value is -3.47. The lowest BCUT2D eigenvalue weighted by Gasteiger charge is -2.32. The zero-order valence-corrected chi connectivity index (χ0v) is 25.8. The Morgan fingerprint density at radius 1 is 0.902 bits per heavy atom. The fourth-order valence-electron chi connectivity index (χ4n) is 4.05. The van der Waals surface area contributed by atoms with Crippen LogP contribution in [0.25, 0.3) is 0 Å². The SMILES string of the molecule is COc1ccc(OC)c(N(CC(=O)N(Cc2ccc(Cl)c(Cl)c2)[C@@H](C)C(=O)NC(C)C)S(=O)(=O)c2ccccc2)c1. The minimum absolute atomic E-state index is 0.0284. The Morgan fingerprint density at radius 3 is 2.17 bits per heavy atom. The lowest BCUT2D eigenvalue weighted by molar-refractivity contribution is -0.139. The van der Waals surface area contributed by atoms with Gasteiger partial charge in [-0.1, -0.05) is 47.5 Å². The van der Waals surface area contributed by atoms with Crippen LogP contribution in [-0.2, 0) is 26.2 Å². The number of anilines is 1. The monoisotopic (exact) mass is 621 g/mol. The number of sulfonamides is 1. The van der Waals surface area contributed by atoms with Crippen LogP contribution >= 0.6 is 23.2 Å². The molecule has 3 aromatic carbocycles. The summed E-state index contributed by atoms with van der Waals surface area (Å²) < 4.78 is 39.8. The molecular formula is C29H33Cl2N3O6S. The van der Waals surface area contributed by atoms with E-state index in [-0.39, 0.29) is 33.9 Å². The summed E-state index contributed by atoms with van der Waals surface area (Å²) in [6.07, 6.45) is 0. The highest BCUT2D eigenvalue weighted by Crippen LogP contribution is 2.36. The van der Waals surface area contributed by atoms with Gasteiger partial charge in [0.25, 0.3) is 10.0 Å². The van der Waals surface area contributed by atoms with Crippen molar-refractivity contribution in [1.82, 2.24) is 10.2 Å². The number of hydrogen-bond acceptors (Lipinski definition) is 6. The average Bonchev–Trinajstić information content (AvgIpc) is 2.95. The van der Waals surface area contributed by atoms with Gasteiger partial charge in [0.2, 0.25) is 11.8 Å². The van der Waals surface area contributed by atoms with E-state index in [2.05, 4.69) is 5.32 Å². The van der Waals surface area contributed by atoms with Crippen molar-refractivity contribution >= 4 is 50.7 Å². The van der Waals surface area contributed by atoms with Gasteiger partial charge >= 0.3 is 0 Å². The summed E-state index contributed by atoms with van der Waals surface area (Å²) in [6, 6.07) is 16.1. The van der Waals surface area contributed by atoms with Gasteiger partial charge in [0, 0.05) is 18.7 Å². The van der Waals surface area contributed by atoms with Crippen LogP contribution in [0.2, 0.25) is 10.0 Å². The summed E-state index contributed by atoms with van der Waals surface area (Å²) in [4.78, 5) is 28.4. The van der Waals surface area contributed by atoms with Gasteiger partial charge in [-0.2, -0.15) is 0 Å². The van der Waals surface area contributed by atoms with Crippen LogP contribution in [0.4, 0.5) is 5.69 Å². The molecule has 0 aliphatic heterocycles. The molecule has 0 heterocycles. The second-order valence-corrected chi connectivity index (χ2v) is 12.1. The molecule has 3 aromatic rings. The van der Waals surface area contributed by atoms with E-state index in [1.165, 1.54) is 37.3 Å². The lowest BCUT2D eigenvalue weighted by Crippen LogP contribution is -2.52. The fourth-order valence-corrected chi connectivity index (χ4v) is 5.81. The van der Waals surface area contributed by atoms with Crippen molar-refractivity contribution < 1.29 is 27.5 Å². The third kappa shape index (κ3) is 7.84. The summed E-state index contributed by atoms with van der Waals surface area (Å²) in [7, 11) is -1.44. The normalized spacial score (nSPS) is 12.0. The Balaban J connectivity index is 2.12. The summed E-state index contributed by atoms with van der Waals surface area (Å²) >= 11 is 12.3. The zero-order valence-electron chi connectivity index (χ0n) is 23.4. The predicted octanol–water partition coefficient (Wildman–Crippen LogP) is 5.15. The molecule has 0 fully saturated rings. The quantitative estimate of drug-likeness (QED) is 0.300. The van der Waals surface area contributed by atoms with Gasteiger partial charge in [-0.3, -0.25) is 13.9 Å². The molecule has 0 bridgehead atoms. The van der Waals surface area contributed by atoms with Gasteiger partial charge in [0.15, 0.2) is 0 Å². The molecule has 0 unspecified atom stereocenters. The summed E-state index contributed by atoms with van der Waals surface area (Å²) in [5, 5.41) is 3.43. The number of benzene rings is 3. The molecule has 3 rings (SSSR count). The number of amides is 2. The molecule has 0 aromatic heterocycles. The van der Waals surface area contributed by atoms with E-state index < -0.39 is 34.4 Å². The number of carbonyl (C=O) groups is 2. The maximum absolute atomic E-state index is 14.1. The Labute approximate surface area is 251 Å². The maximum atomic E-state index is 14.1. The zero-order chi connectivity index (χ0) is 30.3. The number of halogens is 2. The standard InChI is InChI=1S/C29H33Cl2N3O6S/c1-19(2)32-29(36)20(3)33(17-21-11-13-24(30)25(31)15-21)28(35)18-34(41(37,38)23-9-7-6-8-10-23)26-16-22(39-4)12-14-27(26)40-5/h6-16,19-20H,17-18H2,1-5H3,(H,32,36)/t20-/m0/s1. The molecule has 0 spiro atoms. The van der Waals surface area contributed by atoms with Crippen molar-refractivity contribution in [1.29, 1.82) is 0 Å². The van der Waals surface area contributed by atoms with Crippen LogP contribution in [0.15, 0.2) is 71.6 Å². The minimum Gasteiger partial charge on any atom is -0.497 e. The Bertz CT molecular complexity index is 1490. The van der Waals surface area contributed by atoms with Crippen LogP contribution in [0, 0.1) is 0 Å². The molecule has 0 radical (unpaired) electrons. The third-order valence-electron chi connectivity index (χ3n) is 6.20. The number of methoxy groups -OCH3 is 2. The van der Waals surface area contributed by atoms with Gasteiger partial charge in [-0.25, -0.2) is 8.42 Å². The highest BCUT2D eigenvalue weighted by atomic mass is 35.5. The molecule has 12 heteroatoms. The molecule has 0 aliphatic carbocycles. The highest BCUT2D eigenvalue weighted by Gasteiger charge is 2.34. The number of nitrogens with one attached hydrogen (secondary N) is 1. The number of carbonyl (C=O) groups excluding carboxylic acids is 2. The van der Waals surface area contributed by atoms with Crippen molar-refractivity contribution in [2.75, 3.05) is 25.1 Å². The van der Waals surface area contributed by atoms with E-state index in [0.29, 0.717) is 16.3 Å². The van der Waals surface area contributed by atoms with Crippen LogP contribution in [0.5, 0.6) is 11.5 Å². The molecule has 0 saturated heterocycles. The van der Waals surface area contributed by atoms with E-state index in [1.54, 1.807) is 69.3 Å². The highest BCUT2D eigenvalue weighted by molar-refractivity contribution is 7.92. The first-order valence-electron chi connectivity index (χ1n) is 12.7. The third-order valence-corrected chi connectivity index (χ3v) is 8.71. The molecule has 41 heavy (non-hydrogen) atoms. The number of ether oxygens (including phenoxy) is 2. The van der Waals surface area contributed by atoms with Crippen LogP contribution in [-0.4, -0.2) is 58.0 Å². The fraction of sp³-hybridized carbons (Fsp3) is 0.310. The summed E-state index contributed by atoms with van der Waals surface area (Å²) in [6.45, 7) is 4.52. The number of rotatable bonds is 12. The van der Waals surface area contributed by atoms with E-state index in [1.807, 2.05) is 0 Å².